The Bertz CT molecular complexity index is 930. The van der Waals surface area contributed by atoms with E-state index in [0.29, 0.717) is 19.6 Å². The minimum Gasteiger partial charge on any atom is -0.368 e. The summed E-state index contributed by atoms with van der Waals surface area (Å²) >= 11 is 0. The molecule has 0 bridgehead atoms. The van der Waals surface area contributed by atoms with E-state index in [-0.39, 0.29) is 12.3 Å². The Labute approximate surface area is 171 Å². The van der Waals surface area contributed by atoms with Crippen molar-refractivity contribution in [1.82, 2.24) is 4.90 Å². The van der Waals surface area contributed by atoms with E-state index in [1.54, 1.807) is 4.90 Å². The van der Waals surface area contributed by atoms with Gasteiger partial charge in [-0.05, 0) is 16.7 Å². The van der Waals surface area contributed by atoms with Crippen LogP contribution in [0.25, 0.3) is 0 Å². The van der Waals surface area contributed by atoms with E-state index < -0.39 is 11.8 Å². The zero-order chi connectivity index (χ0) is 20.1. The summed E-state index contributed by atoms with van der Waals surface area (Å²) in [4.78, 5) is 14.5. The summed E-state index contributed by atoms with van der Waals surface area (Å²) in [6.07, 6.45) is -0.103. The molecule has 1 aliphatic rings. The summed E-state index contributed by atoms with van der Waals surface area (Å²) in [6, 6.07) is 29.3. The number of carbonyl (C=O) groups is 1. The zero-order valence-corrected chi connectivity index (χ0v) is 16.3. The first-order valence-electron chi connectivity index (χ1n) is 9.91. The summed E-state index contributed by atoms with van der Waals surface area (Å²) < 4.78 is 6.10. The van der Waals surface area contributed by atoms with Crippen molar-refractivity contribution in [1.29, 1.82) is 0 Å². The maximum absolute atomic E-state index is 12.9. The highest BCUT2D eigenvalue weighted by Crippen LogP contribution is 2.35. The van der Waals surface area contributed by atoms with E-state index in [9.17, 15) is 9.90 Å². The van der Waals surface area contributed by atoms with Gasteiger partial charge in [-0.15, -0.1) is 0 Å². The molecule has 1 aliphatic heterocycles. The van der Waals surface area contributed by atoms with Gasteiger partial charge in [0.05, 0.1) is 13.0 Å². The van der Waals surface area contributed by atoms with Crippen LogP contribution in [-0.4, -0.2) is 27.7 Å². The fraction of sp³-hybridized carbons (Fsp3) is 0.240. The molecule has 3 aromatic carbocycles. The van der Waals surface area contributed by atoms with Crippen molar-refractivity contribution in [3.05, 3.63) is 108 Å². The molecule has 1 amide bonds. The predicted molar refractivity (Wildman–Crippen MR) is 112 cm³/mol. The lowest BCUT2D eigenvalue weighted by Gasteiger charge is -2.37. The summed E-state index contributed by atoms with van der Waals surface area (Å²) in [7, 11) is 0. The number of aliphatic hydroxyl groups is 1. The second-order valence-electron chi connectivity index (χ2n) is 7.50. The van der Waals surface area contributed by atoms with Crippen LogP contribution in [0.2, 0.25) is 0 Å². The summed E-state index contributed by atoms with van der Waals surface area (Å²) in [5.41, 5.74) is 1.57. The molecule has 148 valence electrons. The molecule has 0 aliphatic carbocycles. The highest BCUT2D eigenvalue weighted by Gasteiger charge is 2.52. The average molecular weight is 387 g/mol. The fourth-order valence-corrected chi connectivity index (χ4v) is 3.88. The van der Waals surface area contributed by atoms with E-state index >= 15 is 0 Å². The normalized spacial score (nSPS) is 21.5. The van der Waals surface area contributed by atoms with Crippen LogP contribution in [0.4, 0.5) is 0 Å². The molecule has 2 atom stereocenters. The lowest BCUT2D eigenvalue weighted by atomic mass is 9.97. The quantitative estimate of drug-likeness (QED) is 0.668. The van der Waals surface area contributed by atoms with Crippen molar-refractivity contribution in [3.63, 3.8) is 0 Å². The number of hydrogen-bond acceptors (Lipinski definition) is 3. The third-order valence-electron chi connectivity index (χ3n) is 5.43. The van der Waals surface area contributed by atoms with Gasteiger partial charge in [0.2, 0.25) is 5.91 Å². The van der Waals surface area contributed by atoms with Crippen LogP contribution in [0.3, 0.4) is 0 Å². The third-order valence-corrected chi connectivity index (χ3v) is 5.43. The molecule has 1 unspecified atom stereocenters. The lowest BCUT2D eigenvalue weighted by Crippen LogP contribution is -2.53. The molecule has 29 heavy (non-hydrogen) atoms. The van der Waals surface area contributed by atoms with Crippen molar-refractivity contribution >= 4 is 5.91 Å². The number of ether oxygens (including phenoxy) is 1. The van der Waals surface area contributed by atoms with Gasteiger partial charge < -0.3 is 14.7 Å². The van der Waals surface area contributed by atoms with Crippen molar-refractivity contribution in [2.45, 2.75) is 37.8 Å². The highest BCUT2D eigenvalue weighted by atomic mass is 16.5. The maximum atomic E-state index is 12.9. The Balaban J connectivity index is 1.59. The molecular weight excluding hydrogens is 362 g/mol. The van der Waals surface area contributed by atoms with Gasteiger partial charge in [-0.1, -0.05) is 91.0 Å². The van der Waals surface area contributed by atoms with E-state index in [1.807, 2.05) is 91.0 Å². The van der Waals surface area contributed by atoms with Crippen molar-refractivity contribution in [2.75, 3.05) is 0 Å². The predicted octanol–water partition coefficient (Wildman–Crippen LogP) is 3.94. The Morgan fingerprint density at radius 3 is 1.93 bits per heavy atom. The number of benzene rings is 3. The standard InChI is InChI=1S/C25H25NO3/c27-24-16-23(29-19-22-14-8-3-9-15-22)25(28,17-20-10-4-1-5-11-20)26(24)18-21-12-6-2-7-13-21/h1-15,23,28H,16-19H2/t23-,25?/m0/s1. The van der Waals surface area contributed by atoms with E-state index in [2.05, 4.69) is 0 Å². The van der Waals surface area contributed by atoms with Crippen molar-refractivity contribution in [2.24, 2.45) is 0 Å². The SMILES string of the molecule is O=C1C[C@H](OCc2ccccc2)C(O)(Cc2ccccc2)N1Cc1ccccc1. The van der Waals surface area contributed by atoms with Crippen LogP contribution in [0.5, 0.6) is 0 Å². The third kappa shape index (κ3) is 4.39. The minimum atomic E-state index is -1.40. The van der Waals surface area contributed by atoms with Gasteiger partial charge in [0.15, 0.2) is 5.72 Å². The number of likely N-dealkylation sites (tertiary alicyclic amines) is 1. The van der Waals surface area contributed by atoms with Gasteiger partial charge >= 0.3 is 0 Å². The first kappa shape index (κ1) is 19.4. The van der Waals surface area contributed by atoms with Crippen molar-refractivity contribution < 1.29 is 14.6 Å². The number of hydrogen-bond donors (Lipinski definition) is 1. The van der Waals surface area contributed by atoms with Gasteiger partial charge in [-0.2, -0.15) is 0 Å². The molecule has 1 fully saturated rings. The topological polar surface area (TPSA) is 49.8 Å². The van der Waals surface area contributed by atoms with Crippen LogP contribution >= 0.6 is 0 Å². The van der Waals surface area contributed by atoms with E-state index in [1.165, 1.54) is 0 Å². The van der Waals surface area contributed by atoms with Gasteiger partial charge in [-0.3, -0.25) is 4.79 Å². The first-order valence-corrected chi connectivity index (χ1v) is 9.91. The first-order chi connectivity index (χ1) is 14.1. The van der Waals surface area contributed by atoms with E-state index in [0.717, 1.165) is 16.7 Å². The molecule has 0 radical (unpaired) electrons. The van der Waals surface area contributed by atoms with Crippen LogP contribution in [0.1, 0.15) is 23.1 Å². The smallest absolute Gasteiger partial charge is 0.228 e. The summed E-state index contributed by atoms with van der Waals surface area (Å²) in [6.45, 7) is 0.712. The second-order valence-corrected chi connectivity index (χ2v) is 7.50. The lowest BCUT2D eigenvalue weighted by molar-refractivity contribution is -0.173. The maximum Gasteiger partial charge on any atom is 0.228 e. The number of rotatable bonds is 7. The largest absolute Gasteiger partial charge is 0.368 e. The zero-order valence-electron chi connectivity index (χ0n) is 16.3. The molecular formula is C25H25NO3. The Morgan fingerprint density at radius 2 is 1.34 bits per heavy atom. The van der Waals surface area contributed by atoms with Gasteiger partial charge in [0.25, 0.3) is 0 Å². The van der Waals surface area contributed by atoms with Crippen LogP contribution < -0.4 is 0 Å². The molecule has 4 rings (SSSR count). The Morgan fingerprint density at radius 1 is 0.828 bits per heavy atom. The molecule has 3 aromatic rings. The molecule has 4 nitrogen and oxygen atoms in total. The van der Waals surface area contributed by atoms with Crippen LogP contribution in [0, 0.1) is 0 Å². The monoisotopic (exact) mass is 387 g/mol. The highest BCUT2D eigenvalue weighted by molar-refractivity contribution is 5.80. The number of nitrogens with zero attached hydrogens (tertiary/aromatic N) is 1. The van der Waals surface area contributed by atoms with Gasteiger partial charge in [0, 0.05) is 13.0 Å². The Kier molecular flexibility index (Phi) is 5.74. The van der Waals surface area contributed by atoms with Crippen LogP contribution in [-0.2, 0) is 29.1 Å². The number of carbonyl (C=O) groups excluding carboxylic acids is 1. The van der Waals surface area contributed by atoms with Gasteiger partial charge in [0.1, 0.15) is 6.10 Å². The summed E-state index contributed by atoms with van der Waals surface area (Å²) in [5.74, 6) is -0.0923. The Hall–Kier alpha value is -2.95. The average Bonchev–Trinajstić information content (AvgIpc) is 2.98. The fourth-order valence-electron chi connectivity index (χ4n) is 3.88. The van der Waals surface area contributed by atoms with Gasteiger partial charge in [-0.25, -0.2) is 0 Å². The summed E-state index contributed by atoms with van der Waals surface area (Å²) in [5, 5.41) is 11.8. The van der Waals surface area contributed by atoms with Crippen molar-refractivity contribution in [3.8, 4) is 0 Å². The molecule has 0 saturated carbocycles. The molecule has 0 aromatic heterocycles. The molecule has 1 N–H and O–H groups in total. The minimum absolute atomic E-state index is 0.0923. The second kappa shape index (κ2) is 8.60. The van der Waals surface area contributed by atoms with Crippen LogP contribution in [0.15, 0.2) is 91.0 Å². The molecule has 1 heterocycles. The molecule has 4 heteroatoms. The number of amides is 1. The molecule has 0 spiro atoms. The molecule has 1 saturated heterocycles. The van der Waals surface area contributed by atoms with E-state index in [4.69, 9.17) is 4.74 Å².